The van der Waals surface area contributed by atoms with Gasteiger partial charge < -0.3 is 10.1 Å². The van der Waals surface area contributed by atoms with Crippen molar-refractivity contribution in [3.63, 3.8) is 0 Å². The molecule has 2 aromatic rings. The lowest BCUT2D eigenvalue weighted by Crippen LogP contribution is -2.14. The molecule has 0 saturated carbocycles. The molecular formula is C12H12N2O5S2. The second kappa shape index (κ2) is 5.34. The Labute approximate surface area is 124 Å². The van der Waals surface area contributed by atoms with E-state index in [1.54, 1.807) is 6.92 Å². The lowest BCUT2D eigenvalue weighted by atomic mass is 10.1. The van der Waals surface area contributed by atoms with E-state index >= 15 is 0 Å². The first-order valence-corrected chi connectivity index (χ1v) is 8.07. The second-order valence-electron chi connectivity index (χ2n) is 4.37. The lowest BCUT2D eigenvalue weighted by molar-refractivity contribution is 0.0697. The monoisotopic (exact) mass is 328 g/mol. The molecule has 0 bridgehead atoms. The molecule has 1 heterocycles. The van der Waals surface area contributed by atoms with E-state index in [2.05, 4.69) is 9.71 Å². The van der Waals surface area contributed by atoms with Crippen LogP contribution >= 0.6 is 11.3 Å². The number of carboxylic acid groups (broad SMARTS) is 1. The molecule has 1 aromatic carbocycles. The number of hydrogen-bond donors (Lipinski definition) is 3. The zero-order chi connectivity index (χ0) is 15.8. The van der Waals surface area contributed by atoms with Crippen molar-refractivity contribution in [1.82, 2.24) is 4.98 Å². The molecule has 1 aromatic heterocycles. The van der Waals surface area contributed by atoms with Crippen molar-refractivity contribution in [2.75, 3.05) is 4.72 Å². The van der Waals surface area contributed by atoms with Crippen molar-refractivity contribution in [1.29, 1.82) is 0 Å². The van der Waals surface area contributed by atoms with Crippen LogP contribution in [0.3, 0.4) is 0 Å². The Kier molecular flexibility index (Phi) is 3.88. The molecule has 0 fully saturated rings. The summed E-state index contributed by atoms with van der Waals surface area (Å²) in [6, 6.07) is 4.05. The Hall–Kier alpha value is -2.13. The van der Waals surface area contributed by atoms with Gasteiger partial charge in [-0.3, -0.25) is 9.52 Å². The summed E-state index contributed by atoms with van der Waals surface area (Å²) in [6.45, 7) is 3.09. The number of H-pyrrole nitrogens is 1. The van der Waals surface area contributed by atoms with E-state index in [-0.39, 0.29) is 21.2 Å². The van der Waals surface area contributed by atoms with Crippen LogP contribution in [0.1, 0.15) is 21.6 Å². The molecule has 0 aliphatic carbocycles. The van der Waals surface area contributed by atoms with Crippen LogP contribution in [0.15, 0.2) is 27.2 Å². The Bertz CT molecular complexity index is 864. The van der Waals surface area contributed by atoms with Gasteiger partial charge in [0.05, 0.1) is 11.3 Å². The summed E-state index contributed by atoms with van der Waals surface area (Å²) in [5.41, 5.74) is 1.06. The number of rotatable bonds is 4. The fraction of sp³-hybridized carbons (Fsp3) is 0.167. The van der Waals surface area contributed by atoms with Crippen LogP contribution in [0.2, 0.25) is 0 Å². The highest BCUT2D eigenvalue weighted by atomic mass is 32.2. The fourth-order valence-electron chi connectivity index (χ4n) is 1.75. The number of benzene rings is 1. The number of hydrogen-bond acceptors (Lipinski definition) is 5. The largest absolute Gasteiger partial charge is 0.478 e. The van der Waals surface area contributed by atoms with E-state index in [9.17, 15) is 18.0 Å². The molecule has 2 rings (SSSR count). The summed E-state index contributed by atoms with van der Waals surface area (Å²) < 4.78 is 26.7. The van der Waals surface area contributed by atoms with Crippen LogP contribution in [-0.4, -0.2) is 24.5 Å². The van der Waals surface area contributed by atoms with Gasteiger partial charge in [-0.25, -0.2) is 13.2 Å². The highest BCUT2D eigenvalue weighted by Gasteiger charge is 2.21. The van der Waals surface area contributed by atoms with Crippen LogP contribution in [0.5, 0.6) is 0 Å². The van der Waals surface area contributed by atoms with E-state index in [1.165, 1.54) is 25.1 Å². The van der Waals surface area contributed by atoms with Gasteiger partial charge in [0.1, 0.15) is 0 Å². The first kappa shape index (κ1) is 15.3. The molecule has 21 heavy (non-hydrogen) atoms. The molecule has 0 aliphatic rings. The topological polar surface area (TPSA) is 116 Å². The van der Waals surface area contributed by atoms with E-state index in [1.807, 2.05) is 0 Å². The Morgan fingerprint density at radius 3 is 2.48 bits per heavy atom. The van der Waals surface area contributed by atoms with Crippen LogP contribution in [0.4, 0.5) is 5.69 Å². The Balaban J connectivity index is 2.40. The average Bonchev–Trinajstić information content (AvgIpc) is 2.71. The van der Waals surface area contributed by atoms with Crippen LogP contribution in [0.25, 0.3) is 0 Å². The molecule has 9 heteroatoms. The zero-order valence-electron chi connectivity index (χ0n) is 11.1. The first-order chi connectivity index (χ1) is 9.70. The molecule has 0 atom stereocenters. The van der Waals surface area contributed by atoms with Crippen molar-refractivity contribution >= 4 is 33.0 Å². The molecule has 3 N–H and O–H groups in total. The maximum atomic E-state index is 12.2. The molecule has 7 nitrogen and oxygen atoms in total. The standard InChI is InChI=1S/C12H12N2O5S2/c1-6-5-8(10(15)16)3-4-9(6)14-21(18,19)11-7(2)13-12(17)20-11/h3-5,14H,1-2H3,(H,13,17)(H,15,16). The smallest absolute Gasteiger partial charge is 0.335 e. The van der Waals surface area contributed by atoms with Gasteiger partial charge in [-0.05, 0) is 37.6 Å². The van der Waals surface area contributed by atoms with Crippen LogP contribution in [0, 0.1) is 13.8 Å². The number of carbonyl (C=O) groups is 1. The van der Waals surface area contributed by atoms with Crippen molar-refractivity contribution < 1.29 is 18.3 Å². The average molecular weight is 328 g/mol. The number of thiazole rings is 1. The first-order valence-electron chi connectivity index (χ1n) is 5.77. The van der Waals surface area contributed by atoms with Gasteiger partial charge >= 0.3 is 10.8 Å². The summed E-state index contributed by atoms with van der Waals surface area (Å²) in [5.74, 6) is -1.09. The lowest BCUT2D eigenvalue weighted by Gasteiger charge is -2.10. The summed E-state index contributed by atoms with van der Waals surface area (Å²) >= 11 is 0.599. The second-order valence-corrected chi connectivity index (χ2v) is 7.23. The van der Waals surface area contributed by atoms with E-state index in [0.717, 1.165) is 0 Å². The molecule has 0 saturated heterocycles. The minimum Gasteiger partial charge on any atom is -0.478 e. The molecular weight excluding hydrogens is 316 g/mol. The van der Waals surface area contributed by atoms with Crippen LogP contribution < -0.4 is 9.60 Å². The van der Waals surface area contributed by atoms with Crippen molar-refractivity contribution in [3.8, 4) is 0 Å². The normalized spacial score (nSPS) is 11.3. The number of nitrogens with one attached hydrogen (secondary N) is 2. The zero-order valence-corrected chi connectivity index (χ0v) is 12.8. The third-order valence-corrected chi connectivity index (χ3v) is 5.71. The number of aromatic carboxylic acids is 1. The number of aromatic nitrogens is 1. The van der Waals surface area contributed by atoms with E-state index in [4.69, 9.17) is 5.11 Å². The van der Waals surface area contributed by atoms with Crippen molar-refractivity contribution in [3.05, 3.63) is 44.7 Å². The van der Waals surface area contributed by atoms with E-state index < -0.39 is 20.9 Å². The summed E-state index contributed by atoms with van der Waals surface area (Å²) in [6.07, 6.45) is 0. The third kappa shape index (κ3) is 3.14. The fourth-order valence-corrected chi connectivity index (χ4v) is 4.18. The van der Waals surface area contributed by atoms with Crippen molar-refractivity contribution in [2.24, 2.45) is 0 Å². The highest BCUT2D eigenvalue weighted by molar-refractivity contribution is 7.94. The third-order valence-electron chi connectivity index (χ3n) is 2.74. The van der Waals surface area contributed by atoms with Gasteiger partial charge in [-0.2, -0.15) is 0 Å². The quantitative estimate of drug-likeness (QED) is 0.787. The molecule has 112 valence electrons. The summed E-state index contributed by atoms with van der Waals surface area (Å²) in [7, 11) is -3.89. The Morgan fingerprint density at radius 1 is 1.33 bits per heavy atom. The van der Waals surface area contributed by atoms with Gasteiger partial charge in [0.25, 0.3) is 10.0 Å². The molecule has 0 unspecified atom stereocenters. The van der Waals surface area contributed by atoms with Gasteiger partial charge in [0, 0.05) is 5.69 Å². The highest BCUT2D eigenvalue weighted by Crippen LogP contribution is 2.23. The van der Waals surface area contributed by atoms with E-state index in [0.29, 0.717) is 16.9 Å². The number of carboxylic acids is 1. The Morgan fingerprint density at radius 2 is 2.00 bits per heavy atom. The number of aromatic amines is 1. The molecule has 0 spiro atoms. The van der Waals surface area contributed by atoms with Gasteiger partial charge in [0.2, 0.25) is 0 Å². The minimum absolute atomic E-state index is 0.0675. The maximum absolute atomic E-state index is 12.2. The number of anilines is 1. The minimum atomic E-state index is -3.89. The predicted octanol–water partition coefficient (Wildman–Crippen LogP) is 1.55. The molecule has 0 amide bonds. The summed E-state index contributed by atoms with van der Waals surface area (Å²) in [5, 5.41) is 8.87. The molecule has 0 radical (unpaired) electrons. The van der Waals surface area contributed by atoms with Crippen LogP contribution in [-0.2, 0) is 10.0 Å². The molecule has 0 aliphatic heterocycles. The SMILES string of the molecule is Cc1cc(C(=O)O)ccc1NS(=O)(=O)c1sc(=O)[nH]c1C. The van der Waals surface area contributed by atoms with Gasteiger partial charge in [-0.15, -0.1) is 0 Å². The maximum Gasteiger partial charge on any atom is 0.335 e. The number of aryl methyl sites for hydroxylation is 2. The summed E-state index contributed by atoms with van der Waals surface area (Å²) in [4.78, 5) is 24.0. The van der Waals surface area contributed by atoms with Gasteiger partial charge in [0.15, 0.2) is 4.21 Å². The van der Waals surface area contributed by atoms with Crippen molar-refractivity contribution in [2.45, 2.75) is 18.1 Å². The predicted molar refractivity (Wildman–Crippen MR) is 78.6 cm³/mol. The van der Waals surface area contributed by atoms with Gasteiger partial charge in [-0.1, -0.05) is 11.3 Å². The number of sulfonamides is 1.